The molecule has 1 aromatic heterocycles. The lowest BCUT2D eigenvalue weighted by Crippen LogP contribution is -2.42. The second-order valence-electron chi connectivity index (χ2n) is 5.05. The molecule has 0 bridgehead atoms. The van der Waals surface area contributed by atoms with Crippen LogP contribution in [-0.4, -0.2) is 47.7 Å². The Hall–Kier alpha value is -1.36. The number of hydrogen-bond donors (Lipinski definition) is 2. The predicted molar refractivity (Wildman–Crippen MR) is 67.9 cm³/mol. The highest BCUT2D eigenvalue weighted by Gasteiger charge is 2.16. The number of aromatic nitrogens is 2. The minimum atomic E-state index is -0.0637. The molecule has 1 heterocycles. The van der Waals surface area contributed by atoms with Gasteiger partial charge in [0.05, 0.1) is 11.8 Å². The van der Waals surface area contributed by atoms with Crippen LogP contribution in [0.5, 0.6) is 0 Å². The Labute approximate surface area is 103 Å². The van der Waals surface area contributed by atoms with Gasteiger partial charge < -0.3 is 10.2 Å². The minimum absolute atomic E-state index is 0.0637. The fourth-order valence-electron chi connectivity index (χ4n) is 1.83. The fraction of sp³-hybridized carbons (Fsp3) is 0.667. The van der Waals surface area contributed by atoms with Crippen molar-refractivity contribution in [1.82, 2.24) is 20.4 Å². The summed E-state index contributed by atoms with van der Waals surface area (Å²) >= 11 is 0. The van der Waals surface area contributed by atoms with E-state index >= 15 is 0 Å². The molecular weight excluding hydrogens is 216 g/mol. The normalized spacial score (nSPS) is 13.1. The first-order chi connectivity index (χ1) is 7.99. The molecule has 0 radical (unpaired) electrons. The largest absolute Gasteiger partial charge is 0.348 e. The highest BCUT2D eigenvalue weighted by molar-refractivity contribution is 5.93. The quantitative estimate of drug-likeness (QED) is 0.780. The molecule has 0 aromatic carbocycles. The van der Waals surface area contributed by atoms with Crippen molar-refractivity contribution >= 4 is 5.91 Å². The second kappa shape index (κ2) is 6.39. The van der Waals surface area contributed by atoms with Crippen LogP contribution in [0, 0.1) is 5.92 Å². The van der Waals surface area contributed by atoms with Gasteiger partial charge in [-0.1, -0.05) is 13.8 Å². The molecule has 5 heteroatoms. The first kappa shape index (κ1) is 13.7. The highest BCUT2D eigenvalue weighted by Crippen LogP contribution is 2.06. The van der Waals surface area contributed by atoms with Gasteiger partial charge in [0, 0.05) is 18.8 Å². The Morgan fingerprint density at radius 1 is 1.53 bits per heavy atom. The molecule has 2 N–H and O–H groups in total. The van der Waals surface area contributed by atoms with Crippen LogP contribution in [0.15, 0.2) is 12.4 Å². The van der Waals surface area contributed by atoms with Crippen molar-refractivity contribution in [2.45, 2.75) is 26.3 Å². The zero-order valence-electron chi connectivity index (χ0n) is 11.0. The van der Waals surface area contributed by atoms with E-state index in [0.29, 0.717) is 11.5 Å². The van der Waals surface area contributed by atoms with Gasteiger partial charge in [0.2, 0.25) is 0 Å². The predicted octanol–water partition coefficient (Wildman–Crippen LogP) is 1.12. The number of H-pyrrole nitrogens is 1. The SMILES string of the molecule is CC(C)CC(CN(C)C)NC(=O)c1cn[nH]c1. The van der Waals surface area contributed by atoms with Crippen LogP contribution in [0.4, 0.5) is 0 Å². The Kier molecular flexibility index (Phi) is 5.15. The molecule has 5 nitrogen and oxygen atoms in total. The Balaban J connectivity index is 2.56. The molecule has 0 aliphatic rings. The Morgan fingerprint density at radius 3 is 2.71 bits per heavy atom. The van der Waals surface area contributed by atoms with Gasteiger partial charge in [-0.25, -0.2) is 0 Å². The van der Waals surface area contributed by atoms with Crippen LogP contribution in [0.3, 0.4) is 0 Å². The van der Waals surface area contributed by atoms with Crippen LogP contribution in [0.2, 0.25) is 0 Å². The summed E-state index contributed by atoms with van der Waals surface area (Å²) in [5, 5.41) is 9.46. The third-order valence-electron chi connectivity index (χ3n) is 2.44. The average molecular weight is 238 g/mol. The van der Waals surface area contributed by atoms with Crippen LogP contribution in [0.1, 0.15) is 30.6 Å². The van der Waals surface area contributed by atoms with Crippen molar-refractivity contribution < 1.29 is 4.79 Å². The number of nitrogens with one attached hydrogen (secondary N) is 2. The van der Waals surface area contributed by atoms with Gasteiger partial charge in [-0.15, -0.1) is 0 Å². The maximum Gasteiger partial charge on any atom is 0.254 e. The molecule has 17 heavy (non-hydrogen) atoms. The van der Waals surface area contributed by atoms with E-state index in [0.717, 1.165) is 13.0 Å². The number of nitrogens with zero attached hydrogens (tertiary/aromatic N) is 2. The number of amides is 1. The van der Waals surface area contributed by atoms with E-state index < -0.39 is 0 Å². The number of likely N-dealkylation sites (N-methyl/N-ethyl adjacent to an activating group) is 1. The maximum absolute atomic E-state index is 11.9. The molecule has 1 atom stereocenters. The van der Waals surface area contributed by atoms with Crippen molar-refractivity contribution in [3.63, 3.8) is 0 Å². The third kappa shape index (κ3) is 4.99. The highest BCUT2D eigenvalue weighted by atomic mass is 16.1. The van der Waals surface area contributed by atoms with Gasteiger partial charge in [-0.3, -0.25) is 9.89 Å². The molecular formula is C12H22N4O. The molecule has 1 unspecified atom stereocenters. The van der Waals surface area contributed by atoms with Crippen molar-refractivity contribution in [3.05, 3.63) is 18.0 Å². The van der Waals surface area contributed by atoms with E-state index in [2.05, 4.69) is 34.3 Å². The summed E-state index contributed by atoms with van der Waals surface area (Å²) < 4.78 is 0. The summed E-state index contributed by atoms with van der Waals surface area (Å²) in [6.45, 7) is 5.17. The fourth-order valence-corrected chi connectivity index (χ4v) is 1.83. The van der Waals surface area contributed by atoms with E-state index in [4.69, 9.17) is 0 Å². The summed E-state index contributed by atoms with van der Waals surface area (Å²) in [6.07, 6.45) is 4.12. The summed E-state index contributed by atoms with van der Waals surface area (Å²) in [7, 11) is 4.02. The van der Waals surface area contributed by atoms with Crippen molar-refractivity contribution in [2.75, 3.05) is 20.6 Å². The number of hydrogen-bond acceptors (Lipinski definition) is 3. The van der Waals surface area contributed by atoms with E-state index in [1.54, 1.807) is 6.20 Å². The molecule has 96 valence electrons. The zero-order chi connectivity index (χ0) is 12.8. The van der Waals surface area contributed by atoms with Gasteiger partial charge in [0.25, 0.3) is 5.91 Å². The van der Waals surface area contributed by atoms with E-state index in [9.17, 15) is 4.79 Å². The molecule has 0 fully saturated rings. The lowest BCUT2D eigenvalue weighted by atomic mass is 10.0. The van der Waals surface area contributed by atoms with Crippen LogP contribution >= 0.6 is 0 Å². The summed E-state index contributed by atoms with van der Waals surface area (Å²) in [6, 6.07) is 0.174. The van der Waals surface area contributed by atoms with Crippen molar-refractivity contribution in [1.29, 1.82) is 0 Å². The summed E-state index contributed by atoms with van der Waals surface area (Å²) in [4.78, 5) is 14.0. The van der Waals surface area contributed by atoms with E-state index in [1.807, 2.05) is 14.1 Å². The summed E-state index contributed by atoms with van der Waals surface area (Å²) in [5.41, 5.74) is 0.581. The minimum Gasteiger partial charge on any atom is -0.348 e. The monoisotopic (exact) mass is 238 g/mol. The lowest BCUT2D eigenvalue weighted by Gasteiger charge is -2.23. The van der Waals surface area contributed by atoms with Crippen molar-refractivity contribution in [2.24, 2.45) is 5.92 Å². The maximum atomic E-state index is 11.9. The first-order valence-corrected chi connectivity index (χ1v) is 5.93. The molecule has 0 spiro atoms. The van der Waals surface area contributed by atoms with Gasteiger partial charge in [0.15, 0.2) is 0 Å². The topological polar surface area (TPSA) is 61.0 Å². The second-order valence-corrected chi connectivity index (χ2v) is 5.05. The number of rotatable bonds is 6. The molecule has 1 rings (SSSR count). The van der Waals surface area contributed by atoms with Crippen LogP contribution in [0.25, 0.3) is 0 Å². The van der Waals surface area contributed by atoms with Crippen LogP contribution < -0.4 is 5.32 Å². The number of aromatic amines is 1. The zero-order valence-corrected chi connectivity index (χ0v) is 11.0. The van der Waals surface area contributed by atoms with E-state index in [-0.39, 0.29) is 11.9 Å². The van der Waals surface area contributed by atoms with Gasteiger partial charge in [-0.05, 0) is 26.4 Å². The van der Waals surface area contributed by atoms with Crippen molar-refractivity contribution in [3.8, 4) is 0 Å². The number of carbonyl (C=O) groups excluding carboxylic acids is 1. The number of carbonyl (C=O) groups is 1. The molecule has 1 aromatic rings. The average Bonchev–Trinajstić information content (AvgIpc) is 2.67. The van der Waals surface area contributed by atoms with Gasteiger partial charge >= 0.3 is 0 Å². The van der Waals surface area contributed by atoms with Gasteiger partial charge in [-0.2, -0.15) is 5.10 Å². The van der Waals surface area contributed by atoms with Gasteiger partial charge in [0.1, 0.15) is 0 Å². The molecule has 1 amide bonds. The molecule has 0 saturated carbocycles. The third-order valence-corrected chi connectivity index (χ3v) is 2.44. The summed E-state index contributed by atoms with van der Waals surface area (Å²) in [5.74, 6) is 0.496. The van der Waals surface area contributed by atoms with E-state index in [1.165, 1.54) is 6.20 Å². The lowest BCUT2D eigenvalue weighted by molar-refractivity contribution is 0.0924. The van der Waals surface area contributed by atoms with Crippen LogP contribution in [-0.2, 0) is 0 Å². The Morgan fingerprint density at radius 2 is 2.24 bits per heavy atom. The Bertz CT molecular complexity index is 322. The molecule has 0 saturated heterocycles. The molecule has 0 aliphatic heterocycles. The smallest absolute Gasteiger partial charge is 0.254 e. The first-order valence-electron chi connectivity index (χ1n) is 5.93. The standard InChI is InChI=1S/C12H22N4O/c1-9(2)5-11(8-16(3)4)15-12(17)10-6-13-14-7-10/h6-7,9,11H,5,8H2,1-4H3,(H,13,14)(H,15,17). The molecule has 0 aliphatic carbocycles.